The summed E-state index contributed by atoms with van der Waals surface area (Å²) in [6.07, 6.45) is 5.16. The number of rotatable bonds is 3. The van der Waals surface area contributed by atoms with Crippen LogP contribution in [0.3, 0.4) is 0 Å². The van der Waals surface area contributed by atoms with E-state index in [0.717, 1.165) is 44.1 Å². The second-order valence-corrected chi connectivity index (χ2v) is 4.51. The molecule has 1 saturated carbocycles. The molecular weight excluding hydrogens is 204 g/mol. The first kappa shape index (κ1) is 11.0. The molecule has 6 nitrogen and oxygen atoms in total. The highest BCUT2D eigenvalue weighted by molar-refractivity contribution is 5.35. The van der Waals surface area contributed by atoms with E-state index in [1.165, 1.54) is 0 Å². The Morgan fingerprint density at radius 3 is 2.50 bits per heavy atom. The predicted molar refractivity (Wildman–Crippen MR) is 56.7 cm³/mol. The lowest BCUT2D eigenvalue weighted by molar-refractivity contribution is 0.294. The van der Waals surface area contributed by atoms with Crippen LogP contribution in [-0.4, -0.2) is 11.6 Å². The van der Waals surface area contributed by atoms with Gasteiger partial charge in [-0.15, -0.1) is 0 Å². The second-order valence-electron chi connectivity index (χ2n) is 4.51. The van der Waals surface area contributed by atoms with Crippen LogP contribution in [0.2, 0.25) is 0 Å². The van der Waals surface area contributed by atoms with Gasteiger partial charge in [-0.05, 0) is 38.5 Å². The maximum absolute atomic E-state index is 7.43. The summed E-state index contributed by atoms with van der Waals surface area (Å²) in [6.45, 7) is 0. The van der Waals surface area contributed by atoms with Gasteiger partial charge < -0.3 is 0 Å². The van der Waals surface area contributed by atoms with Crippen molar-refractivity contribution in [2.45, 2.75) is 50.1 Å². The van der Waals surface area contributed by atoms with Crippen molar-refractivity contribution in [3.8, 4) is 0 Å². The summed E-state index contributed by atoms with van der Waals surface area (Å²) >= 11 is 0. The molecule has 0 radical (unpaired) electrons. The Labute approximate surface area is 94.0 Å². The van der Waals surface area contributed by atoms with Crippen molar-refractivity contribution in [3.05, 3.63) is 11.3 Å². The molecule has 0 amide bonds. The van der Waals surface area contributed by atoms with E-state index in [9.17, 15) is 0 Å². The topological polar surface area (TPSA) is 109 Å². The number of fused-ring (bicyclic) bond motifs is 1. The Hall–Kier alpha value is -1.46. The lowest BCUT2D eigenvalue weighted by atomic mass is 9.68. The number of nitrogens with zero attached hydrogens (tertiary/aromatic N) is 3. The monoisotopic (exact) mass is 220 g/mol. The minimum atomic E-state index is -0.494. The van der Waals surface area contributed by atoms with Gasteiger partial charge in [0.25, 0.3) is 0 Å². The Balaban J connectivity index is 2.53. The second kappa shape index (κ2) is 4.19. The molecule has 2 aliphatic rings. The molecule has 0 heterocycles. The number of hydrogen-bond acceptors (Lipinski definition) is 6. The summed E-state index contributed by atoms with van der Waals surface area (Å²) in [7, 11) is 0. The maximum atomic E-state index is 7.43. The lowest BCUT2D eigenvalue weighted by Gasteiger charge is -2.41. The molecule has 16 heavy (non-hydrogen) atoms. The first-order valence-corrected chi connectivity index (χ1v) is 5.63. The van der Waals surface area contributed by atoms with Crippen molar-refractivity contribution in [1.29, 1.82) is 16.6 Å². The largest absolute Gasteiger partial charge is 0.209 e. The molecule has 2 unspecified atom stereocenters. The van der Waals surface area contributed by atoms with Crippen molar-refractivity contribution in [2.24, 2.45) is 15.3 Å². The van der Waals surface area contributed by atoms with E-state index < -0.39 is 5.54 Å². The van der Waals surface area contributed by atoms with Gasteiger partial charge in [0.05, 0.1) is 11.7 Å². The van der Waals surface area contributed by atoms with Crippen molar-refractivity contribution in [3.63, 3.8) is 0 Å². The third-order valence-electron chi connectivity index (χ3n) is 3.72. The van der Waals surface area contributed by atoms with Gasteiger partial charge in [-0.1, -0.05) is 0 Å². The minimum Gasteiger partial charge on any atom is -0.209 e. The summed E-state index contributed by atoms with van der Waals surface area (Å²) in [6, 6.07) is -0.202. The van der Waals surface area contributed by atoms with Gasteiger partial charge in [-0.2, -0.15) is 15.3 Å². The van der Waals surface area contributed by atoms with Crippen LogP contribution in [0.1, 0.15) is 38.5 Å². The average molecular weight is 220 g/mol. The van der Waals surface area contributed by atoms with E-state index in [4.69, 9.17) is 16.6 Å². The third-order valence-corrected chi connectivity index (χ3v) is 3.72. The minimum absolute atomic E-state index is 0.202. The quantitative estimate of drug-likeness (QED) is 0.601. The van der Waals surface area contributed by atoms with Crippen LogP contribution in [0.25, 0.3) is 0 Å². The molecule has 0 aromatic heterocycles. The van der Waals surface area contributed by atoms with Gasteiger partial charge in [0, 0.05) is 5.57 Å². The predicted octanol–water partition coefficient (Wildman–Crippen LogP) is 3.81. The number of nitrogens with one attached hydrogen (secondary N) is 3. The molecule has 2 aliphatic carbocycles. The first-order valence-electron chi connectivity index (χ1n) is 5.63. The van der Waals surface area contributed by atoms with Crippen LogP contribution in [0, 0.1) is 16.6 Å². The van der Waals surface area contributed by atoms with Crippen LogP contribution in [-0.2, 0) is 0 Å². The lowest BCUT2D eigenvalue weighted by Crippen LogP contribution is -2.41. The van der Waals surface area contributed by atoms with Crippen LogP contribution in [0.15, 0.2) is 26.6 Å². The summed E-state index contributed by atoms with van der Waals surface area (Å²) in [4.78, 5) is 0. The molecule has 6 heteroatoms. The molecule has 2 atom stereocenters. The van der Waals surface area contributed by atoms with Gasteiger partial charge in [0.1, 0.15) is 5.54 Å². The first-order chi connectivity index (χ1) is 7.77. The molecule has 3 N–H and O–H groups in total. The Bertz CT molecular complexity index is 360. The molecular formula is C10H16N6. The molecule has 0 saturated heterocycles. The van der Waals surface area contributed by atoms with Crippen molar-refractivity contribution in [2.75, 3.05) is 0 Å². The summed E-state index contributed by atoms with van der Waals surface area (Å²) in [5.41, 5.74) is 23.0. The summed E-state index contributed by atoms with van der Waals surface area (Å²) < 4.78 is 0. The number of hydrogen-bond donors (Lipinski definition) is 3. The van der Waals surface area contributed by atoms with E-state index >= 15 is 0 Å². The highest BCUT2D eigenvalue weighted by atomic mass is 15.1. The molecule has 0 aliphatic heterocycles. The van der Waals surface area contributed by atoms with E-state index in [1.54, 1.807) is 0 Å². The maximum Gasteiger partial charge on any atom is 0.106 e. The fourth-order valence-corrected chi connectivity index (χ4v) is 3.00. The van der Waals surface area contributed by atoms with Gasteiger partial charge in [-0.3, -0.25) is 0 Å². The standard InChI is InChI=1S/C10H16N6/c11-14-7-3-1-5-10(16-13)6-2-4-8(15-12)9(7)10/h7,11-13H,1-6H2. The zero-order valence-electron chi connectivity index (χ0n) is 9.16. The van der Waals surface area contributed by atoms with Gasteiger partial charge in [0.2, 0.25) is 0 Å². The smallest absolute Gasteiger partial charge is 0.106 e. The van der Waals surface area contributed by atoms with Crippen LogP contribution in [0.4, 0.5) is 0 Å². The Kier molecular flexibility index (Phi) is 2.89. The van der Waals surface area contributed by atoms with E-state index in [0.29, 0.717) is 5.70 Å². The van der Waals surface area contributed by atoms with E-state index in [1.807, 2.05) is 0 Å². The van der Waals surface area contributed by atoms with Crippen LogP contribution < -0.4 is 0 Å². The normalized spacial score (nSPS) is 34.1. The highest BCUT2D eigenvalue weighted by Gasteiger charge is 2.45. The SMILES string of the molecule is N=NC1=C2C(N=N)CCCC2(N=N)CCC1. The molecule has 0 spiro atoms. The zero-order chi connectivity index (χ0) is 11.6. The van der Waals surface area contributed by atoms with E-state index in [-0.39, 0.29) is 6.04 Å². The fraction of sp³-hybridized carbons (Fsp3) is 0.800. The summed E-state index contributed by atoms with van der Waals surface area (Å²) in [5.74, 6) is 0. The van der Waals surface area contributed by atoms with E-state index in [2.05, 4.69) is 15.3 Å². The van der Waals surface area contributed by atoms with Crippen molar-refractivity contribution >= 4 is 0 Å². The molecule has 86 valence electrons. The average Bonchev–Trinajstić information content (AvgIpc) is 2.36. The molecule has 0 bridgehead atoms. The van der Waals surface area contributed by atoms with Crippen LogP contribution in [0.5, 0.6) is 0 Å². The molecule has 1 fully saturated rings. The van der Waals surface area contributed by atoms with Crippen molar-refractivity contribution in [1.82, 2.24) is 0 Å². The van der Waals surface area contributed by atoms with Gasteiger partial charge in [-0.25, -0.2) is 16.6 Å². The zero-order valence-corrected chi connectivity index (χ0v) is 9.16. The summed E-state index contributed by atoms with van der Waals surface area (Å²) in [5, 5.41) is 11.0. The number of allylic oxidation sites excluding steroid dienone is 1. The Morgan fingerprint density at radius 1 is 1.12 bits per heavy atom. The Morgan fingerprint density at radius 2 is 1.88 bits per heavy atom. The van der Waals surface area contributed by atoms with Gasteiger partial charge >= 0.3 is 0 Å². The molecule has 0 aromatic carbocycles. The fourth-order valence-electron chi connectivity index (χ4n) is 3.00. The van der Waals surface area contributed by atoms with Crippen LogP contribution >= 0.6 is 0 Å². The molecule has 0 aromatic rings. The van der Waals surface area contributed by atoms with Gasteiger partial charge in [0.15, 0.2) is 0 Å². The highest BCUT2D eigenvalue weighted by Crippen LogP contribution is 2.47. The molecule has 2 rings (SSSR count). The van der Waals surface area contributed by atoms with Crippen molar-refractivity contribution < 1.29 is 0 Å². The third kappa shape index (κ3) is 1.48.